The number of halogens is 1. The predicted octanol–water partition coefficient (Wildman–Crippen LogP) is 3.67. The molecular formula is C25H25FN2O6. The molecule has 0 aliphatic heterocycles. The maximum absolute atomic E-state index is 13.5. The zero-order valence-corrected chi connectivity index (χ0v) is 18.8. The predicted molar refractivity (Wildman–Crippen MR) is 124 cm³/mol. The lowest BCUT2D eigenvalue weighted by molar-refractivity contribution is -0.118. The minimum atomic E-state index is -0.467. The Morgan fingerprint density at radius 1 is 0.824 bits per heavy atom. The monoisotopic (exact) mass is 468 g/mol. The van der Waals surface area contributed by atoms with Crippen molar-refractivity contribution in [3.05, 3.63) is 78.1 Å². The number of carbonyl (C=O) groups excluding carboxylic acids is 2. The molecule has 0 saturated carbocycles. The Labute approximate surface area is 196 Å². The summed E-state index contributed by atoms with van der Waals surface area (Å²) in [6.45, 7) is 0.0104. The van der Waals surface area contributed by atoms with Gasteiger partial charge in [-0.25, -0.2) is 4.39 Å². The highest BCUT2D eigenvalue weighted by Gasteiger charge is 2.13. The van der Waals surface area contributed by atoms with E-state index in [-0.39, 0.29) is 37.3 Å². The first kappa shape index (κ1) is 24.4. The molecule has 178 valence electrons. The summed E-state index contributed by atoms with van der Waals surface area (Å²) in [5, 5.41) is 5.40. The van der Waals surface area contributed by atoms with E-state index in [1.54, 1.807) is 48.5 Å². The van der Waals surface area contributed by atoms with Crippen molar-refractivity contribution in [3.63, 3.8) is 0 Å². The first-order valence-corrected chi connectivity index (χ1v) is 10.4. The SMILES string of the molecule is COc1ccccc1NC(=O)COc1ccc(C(=O)NCCOc2ccccc2F)cc1OC. The Balaban J connectivity index is 1.51. The van der Waals surface area contributed by atoms with Crippen LogP contribution in [0.25, 0.3) is 0 Å². The van der Waals surface area contributed by atoms with Crippen molar-refractivity contribution in [2.75, 3.05) is 39.3 Å². The Morgan fingerprint density at radius 3 is 2.26 bits per heavy atom. The maximum Gasteiger partial charge on any atom is 0.262 e. The standard InChI is InChI=1S/C25H25FN2O6/c1-31-21-10-6-4-8-19(21)28-24(29)16-34-22-12-11-17(15-23(22)32-2)25(30)27-13-14-33-20-9-5-3-7-18(20)26/h3-12,15H,13-14,16H2,1-2H3,(H,27,30)(H,28,29). The Bertz CT molecular complexity index is 1140. The van der Waals surface area contributed by atoms with Gasteiger partial charge in [-0.1, -0.05) is 24.3 Å². The number of methoxy groups -OCH3 is 2. The molecule has 0 aromatic heterocycles. The number of carbonyl (C=O) groups is 2. The number of benzene rings is 3. The highest BCUT2D eigenvalue weighted by Crippen LogP contribution is 2.28. The number of nitrogens with one attached hydrogen (secondary N) is 2. The summed E-state index contributed by atoms with van der Waals surface area (Å²) in [4.78, 5) is 24.7. The quantitative estimate of drug-likeness (QED) is 0.417. The summed E-state index contributed by atoms with van der Waals surface area (Å²) in [6, 6.07) is 17.6. The van der Waals surface area contributed by atoms with Crippen LogP contribution in [0.1, 0.15) is 10.4 Å². The first-order valence-electron chi connectivity index (χ1n) is 10.4. The number of rotatable bonds is 11. The number of amides is 2. The fourth-order valence-corrected chi connectivity index (χ4v) is 2.99. The van der Waals surface area contributed by atoms with Crippen molar-refractivity contribution in [2.45, 2.75) is 0 Å². The molecule has 3 aromatic carbocycles. The van der Waals surface area contributed by atoms with E-state index < -0.39 is 5.82 Å². The molecule has 2 N–H and O–H groups in total. The van der Waals surface area contributed by atoms with Crippen LogP contribution in [0.4, 0.5) is 10.1 Å². The molecule has 2 amide bonds. The van der Waals surface area contributed by atoms with E-state index in [0.29, 0.717) is 28.5 Å². The van der Waals surface area contributed by atoms with Crippen molar-refractivity contribution >= 4 is 17.5 Å². The van der Waals surface area contributed by atoms with Crippen LogP contribution in [-0.4, -0.2) is 45.8 Å². The second kappa shape index (κ2) is 12.1. The average Bonchev–Trinajstić information content (AvgIpc) is 2.86. The van der Waals surface area contributed by atoms with Crippen LogP contribution in [-0.2, 0) is 4.79 Å². The van der Waals surface area contributed by atoms with Gasteiger partial charge in [0.25, 0.3) is 11.8 Å². The molecule has 0 atom stereocenters. The molecule has 0 fully saturated rings. The minimum Gasteiger partial charge on any atom is -0.495 e. The van der Waals surface area contributed by atoms with Gasteiger partial charge in [0.15, 0.2) is 29.7 Å². The molecule has 8 nitrogen and oxygen atoms in total. The molecule has 0 unspecified atom stereocenters. The highest BCUT2D eigenvalue weighted by molar-refractivity contribution is 5.95. The molecule has 0 aliphatic rings. The van der Waals surface area contributed by atoms with Crippen LogP contribution in [0.2, 0.25) is 0 Å². The number of para-hydroxylation sites is 3. The van der Waals surface area contributed by atoms with Crippen LogP contribution in [0.15, 0.2) is 66.7 Å². The second-order valence-electron chi connectivity index (χ2n) is 6.94. The maximum atomic E-state index is 13.5. The van der Waals surface area contributed by atoms with E-state index >= 15 is 0 Å². The van der Waals surface area contributed by atoms with Crippen LogP contribution in [0, 0.1) is 5.82 Å². The van der Waals surface area contributed by atoms with E-state index in [9.17, 15) is 14.0 Å². The lowest BCUT2D eigenvalue weighted by Gasteiger charge is -2.13. The second-order valence-corrected chi connectivity index (χ2v) is 6.94. The molecule has 3 aromatic rings. The third-order valence-electron chi connectivity index (χ3n) is 4.65. The van der Waals surface area contributed by atoms with Gasteiger partial charge in [0.1, 0.15) is 12.4 Å². The van der Waals surface area contributed by atoms with Crippen LogP contribution >= 0.6 is 0 Å². The molecule has 0 saturated heterocycles. The van der Waals surface area contributed by atoms with Crippen molar-refractivity contribution < 1.29 is 32.9 Å². The number of anilines is 1. The summed E-state index contributed by atoms with van der Waals surface area (Å²) < 4.78 is 34.9. The van der Waals surface area contributed by atoms with Crippen molar-refractivity contribution in [1.29, 1.82) is 0 Å². The van der Waals surface area contributed by atoms with Crippen molar-refractivity contribution in [3.8, 4) is 23.0 Å². The minimum absolute atomic E-state index is 0.103. The van der Waals surface area contributed by atoms with E-state index in [4.69, 9.17) is 18.9 Å². The van der Waals surface area contributed by atoms with Gasteiger partial charge in [-0.05, 0) is 42.5 Å². The third-order valence-corrected chi connectivity index (χ3v) is 4.65. The van der Waals surface area contributed by atoms with Gasteiger partial charge in [0.2, 0.25) is 0 Å². The number of ether oxygens (including phenoxy) is 4. The number of hydrogen-bond donors (Lipinski definition) is 2. The zero-order chi connectivity index (χ0) is 24.3. The summed E-state index contributed by atoms with van der Waals surface area (Å²) >= 11 is 0. The molecule has 9 heteroatoms. The van der Waals surface area contributed by atoms with Gasteiger partial charge in [-0.2, -0.15) is 0 Å². The van der Waals surface area contributed by atoms with E-state index in [2.05, 4.69) is 10.6 Å². The van der Waals surface area contributed by atoms with E-state index in [0.717, 1.165) is 0 Å². The van der Waals surface area contributed by atoms with Gasteiger partial charge in [0.05, 0.1) is 26.5 Å². The van der Waals surface area contributed by atoms with Crippen LogP contribution < -0.4 is 29.6 Å². The number of hydrogen-bond acceptors (Lipinski definition) is 6. The van der Waals surface area contributed by atoms with Gasteiger partial charge in [-0.3, -0.25) is 9.59 Å². The third kappa shape index (κ3) is 6.61. The van der Waals surface area contributed by atoms with E-state index in [1.807, 2.05) is 0 Å². The molecule has 34 heavy (non-hydrogen) atoms. The van der Waals surface area contributed by atoms with Gasteiger partial charge in [0, 0.05) is 5.56 Å². The van der Waals surface area contributed by atoms with Crippen LogP contribution in [0.5, 0.6) is 23.0 Å². The Hall–Kier alpha value is -4.27. The largest absolute Gasteiger partial charge is 0.495 e. The molecule has 3 rings (SSSR count). The summed E-state index contributed by atoms with van der Waals surface area (Å²) in [5.41, 5.74) is 0.852. The Morgan fingerprint density at radius 2 is 1.53 bits per heavy atom. The van der Waals surface area contributed by atoms with E-state index in [1.165, 1.54) is 32.4 Å². The van der Waals surface area contributed by atoms with Crippen molar-refractivity contribution in [1.82, 2.24) is 5.32 Å². The fourth-order valence-electron chi connectivity index (χ4n) is 2.99. The summed E-state index contributed by atoms with van der Waals surface area (Å²) in [6.07, 6.45) is 0. The Kier molecular flexibility index (Phi) is 8.67. The average molecular weight is 468 g/mol. The molecular weight excluding hydrogens is 443 g/mol. The van der Waals surface area contributed by atoms with Gasteiger partial charge in [-0.15, -0.1) is 0 Å². The smallest absolute Gasteiger partial charge is 0.262 e. The first-order chi connectivity index (χ1) is 16.5. The molecule has 0 aliphatic carbocycles. The van der Waals surface area contributed by atoms with Crippen molar-refractivity contribution in [2.24, 2.45) is 0 Å². The topological polar surface area (TPSA) is 95.1 Å². The lowest BCUT2D eigenvalue weighted by atomic mass is 10.2. The van der Waals surface area contributed by atoms with Crippen LogP contribution in [0.3, 0.4) is 0 Å². The summed E-state index contributed by atoms with van der Waals surface area (Å²) in [5.74, 6) is 0.0279. The summed E-state index contributed by atoms with van der Waals surface area (Å²) in [7, 11) is 2.95. The lowest BCUT2D eigenvalue weighted by Crippen LogP contribution is -2.28. The normalized spacial score (nSPS) is 10.2. The van der Waals surface area contributed by atoms with Gasteiger partial charge >= 0.3 is 0 Å². The molecule has 0 spiro atoms. The van der Waals surface area contributed by atoms with Gasteiger partial charge < -0.3 is 29.6 Å². The fraction of sp³-hybridized carbons (Fsp3) is 0.200. The highest BCUT2D eigenvalue weighted by atomic mass is 19.1. The molecule has 0 heterocycles. The molecule has 0 radical (unpaired) electrons. The zero-order valence-electron chi connectivity index (χ0n) is 18.8. The molecule has 0 bridgehead atoms.